The van der Waals surface area contributed by atoms with E-state index < -0.39 is 59.0 Å². The minimum absolute atomic E-state index is 0.0127. The predicted molar refractivity (Wildman–Crippen MR) is 197 cm³/mol. The number of nitrogens with zero attached hydrogens (tertiary/aromatic N) is 5. The summed E-state index contributed by atoms with van der Waals surface area (Å²) in [4.78, 5) is 18.7. The lowest BCUT2D eigenvalue weighted by Gasteiger charge is -2.26. The fraction of sp³-hybridized carbons (Fsp3) is 0.100. The van der Waals surface area contributed by atoms with Gasteiger partial charge in [0.15, 0.2) is 43.7 Å². The predicted octanol–water partition coefficient (Wildman–Crippen LogP) is 6.29. The quantitative estimate of drug-likeness (QED) is 0.0529. The van der Waals surface area contributed by atoms with Gasteiger partial charge < -0.3 is 29.7 Å². The Bertz CT molecular complexity index is 2870. The van der Waals surface area contributed by atoms with E-state index in [4.69, 9.17) is 44.0 Å². The summed E-state index contributed by atoms with van der Waals surface area (Å²) in [6, 6.07) is 10.1. The second kappa shape index (κ2) is 14.4. The Labute approximate surface area is 325 Å². The van der Waals surface area contributed by atoms with Gasteiger partial charge in [0.2, 0.25) is 11.9 Å². The number of hydrogen-bond acceptors (Lipinski definition) is 15. The van der Waals surface area contributed by atoms with Crippen LogP contribution in [0.15, 0.2) is 72.6 Å². The van der Waals surface area contributed by atoms with Crippen LogP contribution < -0.4 is 26.0 Å². The number of fused-ring (bicyclic) bond motifs is 4. The SMILES string of the molecule is CC(CN=c1ccc2nc3c(Cl)c4c(c(Cl)c3oc-2c1S(=O)(=O)O)Nc1ccc(Cl)c(S(=O)(=O)O)c1O4)Nc1nc(F)nc(Nc2ccc(S(=O)O)cc2)n1. The van der Waals surface area contributed by atoms with Gasteiger partial charge in [-0.3, -0.25) is 14.1 Å². The third-order valence-electron chi connectivity index (χ3n) is 7.65. The van der Waals surface area contributed by atoms with Gasteiger partial charge in [-0.05, 0) is 55.5 Å². The molecule has 0 saturated heterocycles. The first-order chi connectivity index (χ1) is 25.9. The summed E-state index contributed by atoms with van der Waals surface area (Å²) >= 11 is 17.2. The van der Waals surface area contributed by atoms with Crippen molar-refractivity contribution in [2.75, 3.05) is 22.5 Å². The Hall–Kier alpha value is -4.78. The van der Waals surface area contributed by atoms with E-state index >= 15 is 0 Å². The van der Waals surface area contributed by atoms with Crippen LogP contribution in [0.1, 0.15) is 6.92 Å². The molecule has 18 nitrogen and oxygen atoms in total. The molecule has 3 aromatic carbocycles. The second-order valence-corrected chi connectivity index (χ2v) is 16.3. The maximum atomic E-state index is 14.3. The van der Waals surface area contributed by atoms with Crippen LogP contribution in [0, 0.1) is 6.08 Å². The summed E-state index contributed by atoms with van der Waals surface area (Å²) in [6.45, 7) is 1.42. The molecule has 1 aromatic heterocycles. The lowest BCUT2D eigenvalue weighted by Crippen LogP contribution is -2.24. The van der Waals surface area contributed by atoms with Crippen LogP contribution in [0.2, 0.25) is 15.1 Å². The van der Waals surface area contributed by atoms with Crippen molar-refractivity contribution in [3.05, 3.63) is 75.0 Å². The largest absolute Gasteiger partial charge is 0.450 e. The molecule has 0 spiro atoms. The van der Waals surface area contributed by atoms with Crippen molar-refractivity contribution in [1.82, 2.24) is 19.9 Å². The Morgan fingerprint density at radius 3 is 2.27 bits per heavy atom. The van der Waals surface area contributed by atoms with E-state index in [9.17, 15) is 39.1 Å². The minimum Gasteiger partial charge on any atom is -0.450 e. The molecule has 0 amide bonds. The Morgan fingerprint density at radius 2 is 1.60 bits per heavy atom. The zero-order chi connectivity index (χ0) is 39.6. The van der Waals surface area contributed by atoms with Crippen LogP contribution in [0.3, 0.4) is 0 Å². The van der Waals surface area contributed by atoms with Crippen molar-refractivity contribution in [1.29, 1.82) is 0 Å². The molecule has 2 aliphatic heterocycles. The summed E-state index contributed by atoms with van der Waals surface area (Å²) in [5, 5.41) is 7.33. The van der Waals surface area contributed by atoms with E-state index in [-0.39, 0.29) is 83.4 Å². The van der Waals surface area contributed by atoms with Gasteiger partial charge in [-0.1, -0.05) is 34.8 Å². The summed E-state index contributed by atoms with van der Waals surface area (Å²) in [7, 11) is -9.94. The van der Waals surface area contributed by atoms with Crippen LogP contribution in [0.5, 0.6) is 11.5 Å². The first-order valence-electron chi connectivity index (χ1n) is 15.1. The Balaban J connectivity index is 1.22. The molecule has 1 aliphatic carbocycles. The van der Waals surface area contributed by atoms with Crippen molar-refractivity contribution in [3.8, 4) is 23.0 Å². The summed E-state index contributed by atoms with van der Waals surface area (Å²) < 4.78 is 116. The van der Waals surface area contributed by atoms with Crippen LogP contribution in [-0.2, 0) is 31.3 Å². The van der Waals surface area contributed by atoms with E-state index in [0.717, 1.165) is 0 Å². The molecule has 2 unspecified atom stereocenters. The average Bonchev–Trinajstić information content (AvgIpc) is 3.10. The highest BCUT2D eigenvalue weighted by molar-refractivity contribution is 7.86. The van der Waals surface area contributed by atoms with Gasteiger partial charge in [-0.25, -0.2) is 9.19 Å². The normalized spacial score (nSPS) is 14.1. The molecule has 3 aliphatic rings. The second-order valence-electron chi connectivity index (χ2n) is 11.5. The number of aromatic nitrogens is 4. The van der Waals surface area contributed by atoms with Crippen molar-refractivity contribution in [2.24, 2.45) is 4.99 Å². The van der Waals surface area contributed by atoms with E-state index in [2.05, 4.69) is 40.9 Å². The van der Waals surface area contributed by atoms with Crippen molar-refractivity contribution in [2.45, 2.75) is 27.7 Å². The van der Waals surface area contributed by atoms with Crippen LogP contribution in [0.4, 0.5) is 33.3 Å². The van der Waals surface area contributed by atoms with E-state index in [1.807, 2.05) is 0 Å². The molecule has 0 bridgehead atoms. The average molecular weight is 874 g/mol. The van der Waals surface area contributed by atoms with E-state index in [1.165, 1.54) is 48.5 Å². The smallest absolute Gasteiger partial charge is 0.315 e. The maximum absolute atomic E-state index is 14.3. The maximum Gasteiger partial charge on any atom is 0.315 e. The fourth-order valence-electron chi connectivity index (χ4n) is 5.33. The lowest BCUT2D eigenvalue weighted by atomic mass is 10.1. The zero-order valence-corrected chi connectivity index (χ0v) is 31.8. The molecule has 286 valence electrons. The molecule has 2 atom stereocenters. The molecule has 6 N–H and O–H groups in total. The molecule has 4 aromatic rings. The molecule has 0 saturated carbocycles. The van der Waals surface area contributed by atoms with Gasteiger partial charge in [-0.2, -0.15) is 36.2 Å². The zero-order valence-electron chi connectivity index (χ0n) is 27.1. The molecule has 55 heavy (non-hydrogen) atoms. The number of rotatable bonds is 9. The van der Waals surface area contributed by atoms with Crippen molar-refractivity contribution < 1.29 is 48.2 Å². The molecule has 7 rings (SSSR count). The van der Waals surface area contributed by atoms with Gasteiger partial charge >= 0.3 is 16.2 Å². The summed E-state index contributed by atoms with van der Waals surface area (Å²) in [5.74, 6) is -1.47. The standard InChI is InChI=1S/C30H20Cl3FN8O10S3/c1-11(36-29-40-28(34)41-30(42-29)37-12-2-4-13(5-3-12)53(43)44)10-35-17-9-8-16-23(27(17)55(48,49)50)52-25-19(33)20-24(18(32)21(25)39-16)51-22-15(38-20)7-6-14(31)26(22)54(45,46)47/h2-9,11,38H,10H2,1H3,(H,43,44)(H,45,46,47)(H,48,49,50)(H2,36,37,40,41,42). The number of nitrogens with one attached hydrogen (secondary N) is 3. The van der Waals surface area contributed by atoms with Crippen LogP contribution in [0.25, 0.3) is 22.6 Å². The number of hydrogen-bond donors (Lipinski definition) is 6. The minimum atomic E-state index is -5.07. The van der Waals surface area contributed by atoms with Gasteiger partial charge in [0, 0.05) is 11.7 Å². The number of halogens is 4. The molecule has 3 heterocycles. The first kappa shape index (κ1) is 38.5. The van der Waals surface area contributed by atoms with Gasteiger partial charge in [0.1, 0.15) is 26.9 Å². The highest BCUT2D eigenvalue weighted by atomic mass is 35.5. The number of benzene rings is 4. The Kier molecular flexibility index (Phi) is 10.1. The van der Waals surface area contributed by atoms with E-state index in [0.29, 0.717) is 5.69 Å². The van der Waals surface area contributed by atoms with Crippen molar-refractivity contribution >= 4 is 106 Å². The van der Waals surface area contributed by atoms with Gasteiger partial charge in [-0.15, -0.1) is 0 Å². The highest BCUT2D eigenvalue weighted by Crippen LogP contribution is 2.55. The Morgan fingerprint density at radius 1 is 0.909 bits per heavy atom. The molecule has 25 heteroatoms. The molecular weight excluding hydrogens is 854 g/mol. The third-order valence-corrected chi connectivity index (χ3v) is 11.3. The van der Waals surface area contributed by atoms with Crippen molar-refractivity contribution in [3.63, 3.8) is 0 Å². The van der Waals surface area contributed by atoms with Gasteiger partial charge in [0.25, 0.3) is 10.1 Å². The molecule has 0 fully saturated rings. The summed E-state index contributed by atoms with van der Waals surface area (Å²) in [5.41, 5.74) is -0.195. The van der Waals surface area contributed by atoms with Gasteiger partial charge in [0.05, 0.1) is 27.5 Å². The summed E-state index contributed by atoms with van der Waals surface area (Å²) in [6.07, 6.45) is -1.14. The lowest BCUT2D eigenvalue weighted by molar-refractivity contribution is 0.449. The number of ether oxygens (including phenoxy) is 1. The highest BCUT2D eigenvalue weighted by Gasteiger charge is 2.34. The monoisotopic (exact) mass is 872 g/mol. The first-order valence-corrected chi connectivity index (χ1v) is 20.2. The fourth-order valence-corrected chi connectivity index (χ4v) is 8.14. The van der Waals surface area contributed by atoms with Crippen LogP contribution in [-0.4, -0.2) is 67.2 Å². The molecule has 0 radical (unpaired) electrons. The number of anilines is 5. The van der Waals surface area contributed by atoms with E-state index in [1.54, 1.807) is 6.92 Å². The third kappa shape index (κ3) is 7.59. The molecular formula is C30H20Cl3FN8O10S3. The van der Waals surface area contributed by atoms with Crippen LogP contribution >= 0.6 is 34.8 Å². The topological polar surface area (TPSA) is 268 Å².